The van der Waals surface area contributed by atoms with Crippen molar-refractivity contribution in [3.8, 4) is 0 Å². The molecule has 0 heterocycles. The highest BCUT2D eigenvalue weighted by Crippen LogP contribution is 2.23. The fraction of sp³-hybridized carbons (Fsp3) is 0.800. The van der Waals surface area contributed by atoms with Gasteiger partial charge in [-0.05, 0) is 24.7 Å². The molecule has 0 saturated heterocycles. The van der Waals surface area contributed by atoms with Crippen LogP contribution in [0.1, 0.15) is 33.6 Å². The maximum absolute atomic E-state index is 8.83. The van der Waals surface area contributed by atoms with Gasteiger partial charge in [-0.1, -0.05) is 32.9 Å². The predicted molar refractivity (Wildman–Crippen MR) is 49.5 cm³/mol. The lowest BCUT2D eigenvalue weighted by Gasteiger charge is -2.22. The summed E-state index contributed by atoms with van der Waals surface area (Å²) in [6.07, 6.45) is 6.58. The quantitative estimate of drug-likeness (QED) is 0.579. The van der Waals surface area contributed by atoms with Crippen LogP contribution in [0.2, 0.25) is 0 Å². The molecule has 1 aliphatic rings. The maximum atomic E-state index is 8.83. The number of hydrogen-bond donors (Lipinski definition) is 1. The van der Waals surface area contributed by atoms with E-state index in [-0.39, 0.29) is 0 Å². The van der Waals surface area contributed by atoms with Crippen molar-refractivity contribution < 1.29 is 5.11 Å². The molecule has 0 aromatic heterocycles. The molecule has 1 rings (SSSR count). The van der Waals surface area contributed by atoms with E-state index < -0.39 is 0 Å². The van der Waals surface area contributed by atoms with E-state index in [9.17, 15) is 0 Å². The van der Waals surface area contributed by atoms with Gasteiger partial charge >= 0.3 is 0 Å². The molecule has 0 bridgehead atoms. The molecule has 1 heteroatoms. The Morgan fingerprint density at radius 1 is 1.27 bits per heavy atom. The van der Waals surface area contributed by atoms with Gasteiger partial charge in [0.2, 0.25) is 0 Å². The molecule has 0 fully saturated rings. The molecule has 1 nitrogen and oxygen atoms in total. The summed E-state index contributed by atoms with van der Waals surface area (Å²) < 4.78 is 0. The summed E-state index contributed by atoms with van der Waals surface area (Å²) in [5.74, 6) is 1.20. The van der Waals surface area contributed by atoms with Crippen LogP contribution >= 0.6 is 0 Å². The normalized spacial score (nSPS) is 29.1. The molecule has 0 aliphatic heterocycles. The standard InChI is InChI=1S/C8H14O.C2H6/c1-7-4-2-3-5-8(7)6-9;1-2/h2-3,7-9H,4-6H2,1H3;1-2H3. The molecule has 0 radical (unpaired) electrons. The van der Waals surface area contributed by atoms with Gasteiger partial charge in [0, 0.05) is 6.61 Å². The summed E-state index contributed by atoms with van der Waals surface area (Å²) in [6.45, 7) is 6.55. The maximum Gasteiger partial charge on any atom is 0.0464 e. The van der Waals surface area contributed by atoms with Gasteiger partial charge in [0.1, 0.15) is 0 Å². The zero-order valence-electron chi connectivity index (χ0n) is 7.88. The molecule has 0 saturated carbocycles. The Morgan fingerprint density at radius 2 is 1.82 bits per heavy atom. The van der Waals surface area contributed by atoms with E-state index in [2.05, 4.69) is 19.1 Å². The third-order valence-electron chi connectivity index (χ3n) is 2.15. The second-order valence-electron chi connectivity index (χ2n) is 2.86. The Kier molecular flexibility index (Phi) is 6.24. The average molecular weight is 156 g/mol. The van der Waals surface area contributed by atoms with Crippen molar-refractivity contribution in [3.63, 3.8) is 0 Å². The van der Waals surface area contributed by atoms with Crippen molar-refractivity contribution in [1.29, 1.82) is 0 Å². The van der Waals surface area contributed by atoms with Gasteiger partial charge in [-0.15, -0.1) is 0 Å². The number of hydrogen-bond acceptors (Lipinski definition) is 1. The van der Waals surface area contributed by atoms with E-state index >= 15 is 0 Å². The van der Waals surface area contributed by atoms with Crippen LogP contribution in [-0.2, 0) is 0 Å². The molecule has 0 spiro atoms. The topological polar surface area (TPSA) is 20.2 Å². The van der Waals surface area contributed by atoms with Crippen LogP contribution in [0, 0.1) is 11.8 Å². The van der Waals surface area contributed by atoms with E-state index in [1.807, 2.05) is 13.8 Å². The van der Waals surface area contributed by atoms with Crippen molar-refractivity contribution in [2.45, 2.75) is 33.6 Å². The van der Waals surface area contributed by atoms with Gasteiger partial charge in [-0.25, -0.2) is 0 Å². The minimum atomic E-state index is 0.353. The molecular formula is C10H20O. The first-order valence-electron chi connectivity index (χ1n) is 4.60. The second-order valence-corrected chi connectivity index (χ2v) is 2.86. The first-order chi connectivity index (χ1) is 5.34. The number of aliphatic hydroxyl groups excluding tert-OH is 1. The Balaban J connectivity index is 0.000000461. The third-order valence-corrected chi connectivity index (χ3v) is 2.15. The van der Waals surface area contributed by atoms with E-state index in [0.29, 0.717) is 18.4 Å². The second kappa shape index (κ2) is 6.41. The van der Waals surface area contributed by atoms with Crippen molar-refractivity contribution >= 4 is 0 Å². The van der Waals surface area contributed by atoms with Crippen LogP contribution in [0.3, 0.4) is 0 Å². The largest absolute Gasteiger partial charge is 0.396 e. The summed E-state index contributed by atoms with van der Waals surface area (Å²) in [6, 6.07) is 0. The third kappa shape index (κ3) is 3.57. The summed E-state index contributed by atoms with van der Waals surface area (Å²) in [5, 5.41) is 8.83. The molecule has 11 heavy (non-hydrogen) atoms. The monoisotopic (exact) mass is 156 g/mol. The number of aliphatic hydroxyl groups is 1. The molecule has 1 N–H and O–H groups in total. The fourth-order valence-corrected chi connectivity index (χ4v) is 1.26. The van der Waals surface area contributed by atoms with Crippen LogP contribution in [0.15, 0.2) is 12.2 Å². The van der Waals surface area contributed by atoms with Crippen molar-refractivity contribution in [2.24, 2.45) is 11.8 Å². The SMILES string of the molecule is CC.CC1CC=CCC1CO. The Hall–Kier alpha value is -0.300. The van der Waals surface area contributed by atoms with Gasteiger partial charge in [0.15, 0.2) is 0 Å². The highest BCUT2D eigenvalue weighted by molar-refractivity contribution is 4.92. The molecular weight excluding hydrogens is 136 g/mol. The molecule has 0 aromatic rings. The Bertz CT molecular complexity index is 107. The fourth-order valence-electron chi connectivity index (χ4n) is 1.26. The minimum Gasteiger partial charge on any atom is -0.396 e. The van der Waals surface area contributed by atoms with Crippen molar-refractivity contribution in [1.82, 2.24) is 0 Å². The van der Waals surface area contributed by atoms with Gasteiger partial charge < -0.3 is 5.11 Å². The summed E-state index contributed by atoms with van der Waals surface area (Å²) in [5.41, 5.74) is 0. The smallest absolute Gasteiger partial charge is 0.0464 e. The summed E-state index contributed by atoms with van der Waals surface area (Å²) >= 11 is 0. The summed E-state index contributed by atoms with van der Waals surface area (Å²) in [7, 11) is 0. The van der Waals surface area contributed by atoms with Crippen LogP contribution in [0.4, 0.5) is 0 Å². The van der Waals surface area contributed by atoms with Crippen LogP contribution in [-0.4, -0.2) is 11.7 Å². The molecule has 2 unspecified atom stereocenters. The number of allylic oxidation sites excluding steroid dienone is 2. The van der Waals surface area contributed by atoms with E-state index in [1.54, 1.807) is 0 Å². The average Bonchev–Trinajstić information content (AvgIpc) is 2.09. The highest BCUT2D eigenvalue weighted by atomic mass is 16.3. The van der Waals surface area contributed by atoms with E-state index in [4.69, 9.17) is 5.11 Å². The van der Waals surface area contributed by atoms with E-state index in [0.717, 1.165) is 12.8 Å². The summed E-state index contributed by atoms with van der Waals surface area (Å²) in [4.78, 5) is 0. The van der Waals surface area contributed by atoms with Gasteiger partial charge in [0.25, 0.3) is 0 Å². The molecule has 0 aromatic carbocycles. The zero-order chi connectivity index (χ0) is 8.69. The highest BCUT2D eigenvalue weighted by Gasteiger charge is 2.16. The minimum absolute atomic E-state index is 0.353. The lowest BCUT2D eigenvalue weighted by molar-refractivity contribution is 0.180. The molecule has 1 aliphatic carbocycles. The molecule has 0 amide bonds. The predicted octanol–water partition coefficient (Wildman–Crippen LogP) is 2.61. The first kappa shape index (κ1) is 10.7. The van der Waals surface area contributed by atoms with Crippen LogP contribution in [0.5, 0.6) is 0 Å². The Labute approximate surface area is 70.1 Å². The molecule has 66 valence electrons. The van der Waals surface area contributed by atoms with E-state index in [1.165, 1.54) is 0 Å². The first-order valence-corrected chi connectivity index (χ1v) is 4.60. The molecule has 2 atom stereocenters. The van der Waals surface area contributed by atoms with Gasteiger partial charge in [-0.3, -0.25) is 0 Å². The van der Waals surface area contributed by atoms with Crippen LogP contribution < -0.4 is 0 Å². The van der Waals surface area contributed by atoms with Crippen molar-refractivity contribution in [3.05, 3.63) is 12.2 Å². The number of rotatable bonds is 1. The zero-order valence-corrected chi connectivity index (χ0v) is 7.88. The lowest BCUT2D eigenvalue weighted by atomic mass is 9.85. The van der Waals surface area contributed by atoms with Crippen LogP contribution in [0.25, 0.3) is 0 Å². The Morgan fingerprint density at radius 3 is 2.18 bits per heavy atom. The van der Waals surface area contributed by atoms with Crippen molar-refractivity contribution in [2.75, 3.05) is 6.61 Å². The van der Waals surface area contributed by atoms with Gasteiger partial charge in [-0.2, -0.15) is 0 Å². The van der Waals surface area contributed by atoms with Gasteiger partial charge in [0.05, 0.1) is 0 Å². The lowest BCUT2D eigenvalue weighted by Crippen LogP contribution is -2.16.